The molecule has 0 atom stereocenters. The number of nitrogens with zero attached hydrogens (tertiary/aromatic N) is 4. The van der Waals surface area contributed by atoms with Crippen LogP contribution in [0.2, 0.25) is 0 Å². The summed E-state index contributed by atoms with van der Waals surface area (Å²) in [4.78, 5) is 32.4. The molecule has 1 aromatic carbocycles. The van der Waals surface area contributed by atoms with Gasteiger partial charge in [0, 0.05) is 11.6 Å². The molecular weight excluding hydrogens is 314 g/mol. The maximum Gasteiger partial charge on any atom is 0.279 e. The van der Waals surface area contributed by atoms with Crippen molar-refractivity contribution in [2.45, 2.75) is 13.8 Å². The van der Waals surface area contributed by atoms with E-state index in [9.17, 15) is 25.0 Å². The molecule has 2 aromatic rings. The molecule has 1 N–H and O–H groups in total. The van der Waals surface area contributed by atoms with Crippen LogP contribution < -0.4 is 5.32 Å². The lowest BCUT2D eigenvalue weighted by Crippen LogP contribution is -2.14. The molecule has 0 aliphatic carbocycles. The fourth-order valence-corrected chi connectivity index (χ4v) is 2.31. The number of rotatable bonds is 4. The number of non-ortho nitro benzene ring substituents is 1. The molecule has 11 heteroatoms. The van der Waals surface area contributed by atoms with Crippen LogP contribution in [0.5, 0.6) is 0 Å². The summed E-state index contributed by atoms with van der Waals surface area (Å²) in [5.74, 6) is -0.722. The standard InChI is InChI=1S/C11H9N5O5S/c1-5-8(10(17)12-11-14-13-6(2)22-11)3-7(15(18)19)4-9(5)16(20)21/h3-4H,1-2H3,(H,12,14,17). The second kappa shape index (κ2) is 5.81. The molecule has 1 heterocycles. The highest BCUT2D eigenvalue weighted by Crippen LogP contribution is 2.28. The van der Waals surface area contributed by atoms with Gasteiger partial charge in [-0.15, -0.1) is 10.2 Å². The van der Waals surface area contributed by atoms with Crippen LogP contribution in [0, 0.1) is 34.1 Å². The summed E-state index contributed by atoms with van der Waals surface area (Å²) in [6.45, 7) is 3.04. The predicted octanol–water partition coefficient (Wildman–Crippen LogP) is 2.22. The smallest absolute Gasteiger partial charge is 0.279 e. The average Bonchev–Trinajstić information content (AvgIpc) is 2.83. The highest BCUT2D eigenvalue weighted by molar-refractivity contribution is 7.15. The number of aromatic nitrogens is 2. The van der Waals surface area contributed by atoms with Crippen molar-refractivity contribution in [2.24, 2.45) is 0 Å². The van der Waals surface area contributed by atoms with E-state index in [1.165, 1.54) is 6.92 Å². The Morgan fingerprint density at radius 1 is 1.18 bits per heavy atom. The lowest BCUT2D eigenvalue weighted by molar-refractivity contribution is -0.394. The maximum atomic E-state index is 12.2. The number of amides is 1. The average molecular weight is 323 g/mol. The van der Waals surface area contributed by atoms with Crippen molar-refractivity contribution in [1.82, 2.24) is 10.2 Å². The number of nitro benzene ring substituents is 2. The molecule has 0 radical (unpaired) electrons. The van der Waals surface area contributed by atoms with Crippen molar-refractivity contribution < 1.29 is 14.6 Å². The van der Waals surface area contributed by atoms with E-state index in [2.05, 4.69) is 15.5 Å². The van der Waals surface area contributed by atoms with Crippen molar-refractivity contribution in [3.05, 3.63) is 48.5 Å². The van der Waals surface area contributed by atoms with Crippen LogP contribution in [-0.4, -0.2) is 26.0 Å². The molecule has 1 amide bonds. The Bertz CT molecular complexity index is 787. The largest absolute Gasteiger partial charge is 0.296 e. The predicted molar refractivity (Wildman–Crippen MR) is 77.1 cm³/mol. The quantitative estimate of drug-likeness (QED) is 0.671. The molecule has 22 heavy (non-hydrogen) atoms. The highest BCUT2D eigenvalue weighted by atomic mass is 32.1. The summed E-state index contributed by atoms with van der Waals surface area (Å²) in [6.07, 6.45) is 0. The summed E-state index contributed by atoms with van der Waals surface area (Å²) in [6, 6.07) is 1.81. The van der Waals surface area contributed by atoms with Gasteiger partial charge in [-0.2, -0.15) is 0 Å². The van der Waals surface area contributed by atoms with Gasteiger partial charge >= 0.3 is 0 Å². The highest BCUT2D eigenvalue weighted by Gasteiger charge is 2.25. The number of hydrogen-bond acceptors (Lipinski definition) is 8. The first kappa shape index (κ1) is 15.4. The second-order valence-electron chi connectivity index (χ2n) is 4.23. The Labute approximate surface area is 127 Å². The van der Waals surface area contributed by atoms with Gasteiger partial charge in [-0.3, -0.25) is 30.3 Å². The van der Waals surface area contributed by atoms with E-state index in [4.69, 9.17) is 0 Å². The molecular formula is C11H9N5O5S. The Kier molecular flexibility index (Phi) is 4.08. The van der Waals surface area contributed by atoms with Crippen LogP contribution in [0.1, 0.15) is 20.9 Å². The van der Waals surface area contributed by atoms with E-state index >= 15 is 0 Å². The van der Waals surface area contributed by atoms with Gasteiger partial charge in [0.25, 0.3) is 17.3 Å². The van der Waals surface area contributed by atoms with Crippen LogP contribution in [0.3, 0.4) is 0 Å². The molecule has 10 nitrogen and oxygen atoms in total. The summed E-state index contributed by atoms with van der Waals surface area (Å²) < 4.78 is 0. The summed E-state index contributed by atoms with van der Waals surface area (Å²) in [5.41, 5.74) is -1.15. The lowest BCUT2D eigenvalue weighted by atomic mass is 10.0. The van der Waals surface area contributed by atoms with Gasteiger partial charge in [0.2, 0.25) is 5.13 Å². The number of carbonyl (C=O) groups excluding carboxylic acids is 1. The Morgan fingerprint density at radius 2 is 1.86 bits per heavy atom. The molecule has 0 fully saturated rings. The first-order chi connectivity index (χ1) is 10.3. The minimum Gasteiger partial charge on any atom is -0.296 e. The maximum absolute atomic E-state index is 12.2. The van der Waals surface area contributed by atoms with Crippen molar-refractivity contribution in [3.63, 3.8) is 0 Å². The van der Waals surface area contributed by atoms with Gasteiger partial charge < -0.3 is 0 Å². The van der Waals surface area contributed by atoms with Gasteiger partial charge in [-0.05, 0) is 13.8 Å². The van der Waals surface area contributed by atoms with Crippen LogP contribution in [0.25, 0.3) is 0 Å². The van der Waals surface area contributed by atoms with Gasteiger partial charge in [-0.25, -0.2) is 0 Å². The Morgan fingerprint density at radius 3 is 2.36 bits per heavy atom. The normalized spacial score (nSPS) is 10.3. The number of hydrogen-bond donors (Lipinski definition) is 1. The van der Waals surface area contributed by atoms with Crippen LogP contribution in [-0.2, 0) is 0 Å². The third-order valence-electron chi connectivity index (χ3n) is 2.76. The Balaban J connectivity index is 2.46. The number of aryl methyl sites for hydroxylation is 1. The van der Waals surface area contributed by atoms with E-state index in [1.807, 2.05) is 0 Å². The summed E-state index contributed by atoms with van der Waals surface area (Å²) in [5, 5.41) is 32.5. The van der Waals surface area contributed by atoms with Crippen molar-refractivity contribution in [2.75, 3.05) is 5.32 Å². The molecule has 0 unspecified atom stereocenters. The van der Waals surface area contributed by atoms with Crippen molar-refractivity contribution >= 4 is 33.8 Å². The number of benzene rings is 1. The molecule has 0 aliphatic heterocycles. The zero-order chi connectivity index (χ0) is 16.4. The first-order valence-electron chi connectivity index (χ1n) is 5.84. The third kappa shape index (κ3) is 3.03. The van der Waals surface area contributed by atoms with Crippen molar-refractivity contribution in [3.8, 4) is 0 Å². The van der Waals surface area contributed by atoms with Crippen LogP contribution in [0.4, 0.5) is 16.5 Å². The number of nitro groups is 2. The first-order valence-corrected chi connectivity index (χ1v) is 6.66. The van der Waals surface area contributed by atoms with E-state index < -0.39 is 27.1 Å². The zero-order valence-corrected chi connectivity index (χ0v) is 12.2. The number of anilines is 1. The van der Waals surface area contributed by atoms with Gasteiger partial charge in [-0.1, -0.05) is 11.3 Å². The molecule has 0 saturated carbocycles. The lowest BCUT2D eigenvalue weighted by Gasteiger charge is -2.06. The molecule has 0 aliphatic rings. The second-order valence-corrected chi connectivity index (χ2v) is 5.41. The van der Waals surface area contributed by atoms with E-state index in [-0.39, 0.29) is 16.3 Å². The summed E-state index contributed by atoms with van der Waals surface area (Å²) in [7, 11) is 0. The fourth-order valence-electron chi connectivity index (χ4n) is 1.73. The Hall–Kier alpha value is -2.95. The van der Waals surface area contributed by atoms with E-state index in [1.54, 1.807) is 6.92 Å². The topological polar surface area (TPSA) is 141 Å². The van der Waals surface area contributed by atoms with Gasteiger partial charge in [0.15, 0.2) is 0 Å². The SMILES string of the molecule is Cc1nnc(NC(=O)c2cc([N+](=O)[O-])cc([N+](=O)[O-])c2C)s1. The third-order valence-corrected chi connectivity index (χ3v) is 3.52. The minimum atomic E-state index is -0.793. The number of carbonyl (C=O) groups is 1. The summed E-state index contributed by atoms with van der Waals surface area (Å²) >= 11 is 1.12. The minimum absolute atomic E-state index is 0.0364. The van der Waals surface area contributed by atoms with Crippen LogP contribution >= 0.6 is 11.3 Å². The molecule has 0 spiro atoms. The van der Waals surface area contributed by atoms with Gasteiger partial charge in [0.1, 0.15) is 5.01 Å². The van der Waals surface area contributed by atoms with Crippen molar-refractivity contribution in [1.29, 1.82) is 0 Å². The molecule has 2 rings (SSSR count). The molecule has 114 valence electrons. The van der Waals surface area contributed by atoms with Crippen LogP contribution in [0.15, 0.2) is 12.1 Å². The van der Waals surface area contributed by atoms with E-state index in [0.29, 0.717) is 5.01 Å². The fraction of sp³-hybridized carbons (Fsp3) is 0.182. The zero-order valence-electron chi connectivity index (χ0n) is 11.4. The number of nitrogens with one attached hydrogen (secondary N) is 1. The van der Waals surface area contributed by atoms with Gasteiger partial charge in [0.05, 0.1) is 21.5 Å². The molecule has 1 aromatic heterocycles. The molecule has 0 saturated heterocycles. The molecule has 0 bridgehead atoms. The van der Waals surface area contributed by atoms with E-state index in [0.717, 1.165) is 23.5 Å². The monoisotopic (exact) mass is 323 g/mol.